The summed E-state index contributed by atoms with van der Waals surface area (Å²) in [5, 5.41) is 3.26. The molecule has 1 aromatic carbocycles. The first-order valence-corrected chi connectivity index (χ1v) is 9.51. The van der Waals surface area contributed by atoms with Crippen LogP contribution in [0.1, 0.15) is 32.1 Å². The highest BCUT2D eigenvalue weighted by atomic mass is 35.5. The van der Waals surface area contributed by atoms with Crippen LogP contribution in [0.2, 0.25) is 5.02 Å². The molecule has 0 bridgehead atoms. The summed E-state index contributed by atoms with van der Waals surface area (Å²) in [6, 6.07) is 8.77. The number of nitrogens with zero attached hydrogens (tertiary/aromatic N) is 2. The van der Waals surface area contributed by atoms with Crippen LogP contribution >= 0.6 is 11.6 Å². The van der Waals surface area contributed by atoms with Crippen molar-refractivity contribution >= 4 is 21.4 Å². The average molecular weight is 353 g/mol. The molecule has 0 saturated heterocycles. The molecule has 0 spiro atoms. The van der Waals surface area contributed by atoms with Crippen molar-refractivity contribution in [1.29, 1.82) is 0 Å². The molecule has 0 aliphatic heterocycles. The molecule has 5 nitrogen and oxygen atoms in total. The number of para-hydroxylation sites is 1. The Labute approximate surface area is 139 Å². The second-order valence-corrected chi connectivity index (χ2v) is 8.25. The van der Waals surface area contributed by atoms with Gasteiger partial charge in [0.2, 0.25) is 0 Å². The molecule has 1 aliphatic rings. The summed E-state index contributed by atoms with van der Waals surface area (Å²) in [6.07, 6.45) is 5.24. The monoisotopic (exact) mass is 352 g/mol. The van der Waals surface area contributed by atoms with Gasteiger partial charge in [-0.05, 0) is 25.0 Å². The zero-order chi connectivity index (χ0) is 16.4. The second kappa shape index (κ2) is 6.45. The van der Waals surface area contributed by atoms with E-state index < -0.39 is 20.6 Å². The minimum Gasteiger partial charge on any atom is -0.266 e. The Balaban J connectivity index is 2.06. The van der Waals surface area contributed by atoms with Crippen LogP contribution in [0, 0.1) is 0 Å². The van der Waals surface area contributed by atoms with E-state index in [1.807, 2.05) is 6.07 Å². The number of rotatable bonds is 3. The molecule has 1 fully saturated rings. The molecule has 2 aromatic rings. The molecule has 0 amide bonds. The molecule has 0 unspecified atom stereocenters. The summed E-state index contributed by atoms with van der Waals surface area (Å²) in [7, 11) is -3.62. The number of sulfone groups is 1. The summed E-state index contributed by atoms with van der Waals surface area (Å²) in [4.78, 5) is 12.3. The fraction of sp³-hybridized carbons (Fsp3) is 0.375. The first-order valence-electron chi connectivity index (χ1n) is 7.59. The van der Waals surface area contributed by atoms with Gasteiger partial charge in [0.05, 0.1) is 17.1 Å². The maximum atomic E-state index is 12.7. The Morgan fingerprint density at radius 3 is 2.39 bits per heavy atom. The van der Waals surface area contributed by atoms with E-state index >= 15 is 0 Å². The van der Waals surface area contributed by atoms with Crippen molar-refractivity contribution in [2.75, 3.05) is 0 Å². The fourth-order valence-electron chi connectivity index (χ4n) is 2.92. The van der Waals surface area contributed by atoms with Gasteiger partial charge in [-0.2, -0.15) is 9.78 Å². The van der Waals surface area contributed by atoms with Crippen molar-refractivity contribution in [3.05, 3.63) is 51.9 Å². The molecule has 7 heteroatoms. The zero-order valence-electron chi connectivity index (χ0n) is 12.5. The largest absolute Gasteiger partial charge is 0.291 e. The highest BCUT2D eigenvalue weighted by Gasteiger charge is 2.32. The van der Waals surface area contributed by atoms with E-state index in [1.165, 1.54) is 6.20 Å². The van der Waals surface area contributed by atoms with Crippen LogP contribution < -0.4 is 5.56 Å². The Bertz CT molecular complexity index is 857. The zero-order valence-corrected chi connectivity index (χ0v) is 14.1. The average Bonchev–Trinajstić information content (AvgIpc) is 2.58. The molecule has 1 aromatic heterocycles. The lowest BCUT2D eigenvalue weighted by Gasteiger charge is -2.22. The SMILES string of the molecule is O=c1c(Cl)c(S(=O)(=O)C2CCCCC2)cnn1-c1ccccc1. The summed E-state index contributed by atoms with van der Waals surface area (Å²) >= 11 is 6.10. The Morgan fingerprint density at radius 2 is 1.74 bits per heavy atom. The van der Waals surface area contributed by atoms with Gasteiger partial charge >= 0.3 is 0 Å². The van der Waals surface area contributed by atoms with Crippen molar-refractivity contribution in [2.24, 2.45) is 0 Å². The van der Waals surface area contributed by atoms with Crippen molar-refractivity contribution in [2.45, 2.75) is 42.2 Å². The van der Waals surface area contributed by atoms with Gasteiger partial charge in [-0.25, -0.2) is 8.42 Å². The first-order chi connectivity index (χ1) is 11.0. The van der Waals surface area contributed by atoms with Crippen molar-refractivity contribution in [3.8, 4) is 5.69 Å². The number of benzene rings is 1. The van der Waals surface area contributed by atoms with Crippen LogP contribution in [0.5, 0.6) is 0 Å². The van der Waals surface area contributed by atoms with Gasteiger partial charge in [0, 0.05) is 0 Å². The van der Waals surface area contributed by atoms with Gasteiger partial charge in [0.25, 0.3) is 5.56 Å². The Hall–Kier alpha value is -1.66. The van der Waals surface area contributed by atoms with E-state index in [0.29, 0.717) is 18.5 Å². The normalized spacial score (nSPS) is 16.4. The predicted molar refractivity (Wildman–Crippen MR) is 88.9 cm³/mol. The standard InChI is InChI=1S/C16H17ClN2O3S/c17-15-14(23(21,22)13-9-5-2-6-10-13)11-18-19(16(15)20)12-7-3-1-4-8-12/h1,3-4,7-8,11,13H,2,5-6,9-10H2. The molecule has 23 heavy (non-hydrogen) atoms. The maximum absolute atomic E-state index is 12.7. The minimum absolute atomic E-state index is 0.150. The van der Waals surface area contributed by atoms with Crippen LogP contribution in [0.25, 0.3) is 5.69 Å². The number of aromatic nitrogens is 2. The van der Waals surface area contributed by atoms with E-state index in [1.54, 1.807) is 24.3 Å². The van der Waals surface area contributed by atoms with Crippen molar-refractivity contribution in [1.82, 2.24) is 9.78 Å². The first kappa shape index (κ1) is 16.2. The van der Waals surface area contributed by atoms with Gasteiger partial charge in [-0.3, -0.25) is 4.79 Å². The summed E-state index contributed by atoms with van der Waals surface area (Å²) < 4.78 is 26.6. The van der Waals surface area contributed by atoms with Crippen LogP contribution in [0.15, 0.2) is 46.2 Å². The van der Waals surface area contributed by atoms with Gasteiger partial charge in [-0.15, -0.1) is 0 Å². The van der Waals surface area contributed by atoms with Gasteiger partial charge < -0.3 is 0 Å². The third kappa shape index (κ3) is 3.05. The van der Waals surface area contributed by atoms with E-state index in [0.717, 1.165) is 23.9 Å². The quantitative estimate of drug-likeness (QED) is 0.851. The Kier molecular flexibility index (Phi) is 4.55. The molecular formula is C16H17ClN2O3S. The van der Waals surface area contributed by atoms with Crippen LogP contribution in [0.4, 0.5) is 0 Å². The van der Waals surface area contributed by atoms with Gasteiger partial charge in [0.15, 0.2) is 9.84 Å². The maximum Gasteiger partial charge on any atom is 0.291 e. The third-order valence-corrected chi connectivity index (χ3v) is 6.93. The molecule has 3 rings (SSSR count). The highest BCUT2D eigenvalue weighted by Crippen LogP contribution is 2.30. The molecule has 1 heterocycles. The Morgan fingerprint density at radius 1 is 1.09 bits per heavy atom. The summed E-state index contributed by atoms with van der Waals surface area (Å²) in [5.41, 5.74) is -0.0734. The lowest BCUT2D eigenvalue weighted by molar-refractivity contribution is 0.483. The molecule has 0 atom stereocenters. The number of hydrogen-bond donors (Lipinski definition) is 0. The molecule has 0 radical (unpaired) electrons. The smallest absolute Gasteiger partial charge is 0.266 e. The number of hydrogen-bond acceptors (Lipinski definition) is 4. The molecule has 1 aliphatic carbocycles. The fourth-order valence-corrected chi connectivity index (χ4v) is 5.22. The number of halogens is 1. The van der Waals surface area contributed by atoms with Gasteiger partial charge in [0.1, 0.15) is 9.92 Å². The van der Waals surface area contributed by atoms with Crippen LogP contribution in [0.3, 0.4) is 0 Å². The van der Waals surface area contributed by atoms with Crippen molar-refractivity contribution in [3.63, 3.8) is 0 Å². The molecule has 0 N–H and O–H groups in total. The molecular weight excluding hydrogens is 336 g/mol. The third-order valence-electron chi connectivity index (χ3n) is 4.19. The lowest BCUT2D eigenvalue weighted by Crippen LogP contribution is -2.29. The predicted octanol–water partition coefficient (Wildman–Crippen LogP) is 2.99. The van der Waals surface area contributed by atoms with E-state index in [4.69, 9.17) is 11.6 Å². The summed E-state index contributed by atoms with van der Waals surface area (Å²) in [5.74, 6) is 0. The van der Waals surface area contributed by atoms with Gasteiger partial charge in [-0.1, -0.05) is 49.1 Å². The van der Waals surface area contributed by atoms with E-state index in [2.05, 4.69) is 5.10 Å². The topological polar surface area (TPSA) is 69.0 Å². The van der Waals surface area contributed by atoms with Crippen molar-refractivity contribution < 1.29 is 8.42 Å². The lowest BCUT2D eigenvalue weighted by atomic mass is 10.0. The van der Waals surface area contributed by atoms with E-state index in [-0.39, 0.29) is 9.92 Å². The minimum atomic E-state index is -3.62. The van der Waals surface area contributed by atoms with Crippen LogP contribution in [-0.4, -0.2) is 23.4 Å². The van der Waals surface area contributed by atoms with Crippen LogP contribution in [-0.2, 0) is 9.84 Å². The van der Waals surface area contributed by atoms with E-state index in [9.17, 15) is 13.2 Å². The second-order valence-electron chi connectivity index (χ2n) is 5.68. The summed E-state index contributed by atoms with van der Waals surface area (Å²) in [6.45, 7) is 0. The molecule has 122 valence electrons. The highest BCUT2D eigenvalue weighted by molar-refractivity contribution is 7.92. The molecule has 1 saturated carbocycles.